The van der Waals surface area contributed by atoms with E-state index in [1.807, 2.05) is 0 Å². The standard InChI is InChI=1S/C24H19F3O4/c25-24(26,27)19-11-9-16(10-12-19)5-3-13-31-21-8-2-7-20(23(21)30)18-6-1-4-17(14-18)15-22(28)29/h1-12,14,30H,13,15H2,(H,28,29). The van der Waals surface area contributed by atoms with E-state index in [1.165, 1.54) is 12.1 Å². The van der Waals surface area contributed by atoms with Crippen molar-refractivity contribution >= 4 is 12.0 Å². The van der Waals surface area contributed by atoms with Gasteiger partial charge in [0.05, 0.1) is 12.0 Å². The van der Waals surface area contributed by atoms with Gasteiger partial charge in [0.25, 0.3) is 0 Å². The van der Waals surface area contributed by atoms with Gasteiger partial charge in [-0.05, 0) is 41.0 Å². The van der Waals surface area contributed by atoms with Crippen molar-refractivity contribution in [3.63, 3.8) is 0 Å². The number of para-hydroxylation sites is 1. The molecule has 0 aliphatic rings. The molecule has 4 nitrogen and oxygen atoms in total. The SMILES string of the molecule is O=C(O)Cc1cccc(-c2cccc(OCC=Cc3ccc(C(F)(F)F)cc3)c2O)c1. The van der Waals surface area contributed by atoms with Crippen molar-refractivity contribution < 1.29 is 32.9 Å². The quantitative estimate of drug-likeness (QED) is 0.499. The Morgan fingerprint density at radius 2 is 1.71 bits per heavy atom. The number of phenols is 1. The van der Waals surface area contributed by atoms with Crippen LogP contribution >= 0.6 is 0 Å². The van der Waals surface area contributed by atoms with Crippen LogP contribution in [0, 0.1) is 0 Å². The molecule has 0 aromatic heterocycles. The van der Waals surface area contributed by atoms with Gasteiger partial charge in [0.2, 0.25) is 0 Å². The minimum Gasteiger partial charge on any atom is -0.504 e. The summed E-state index contributed by atoms with van der Waals surface area (Å²) in [6.45, 7) is 0.0943. The van der Waals surface area contributed by atoms with Crippen LogP contribution in [0.25, 0.3) is 17.2 Å². The summed E-state index contributed by atoms with van der Waals surface area (Å²) in [5.74, 6) is -0.797. The number of alkyl halides is 3. The zero-order chi connectivity index (χ0) is 22.4. The fraction of sp³-hybridized carbons (Fsp3) is 0.125. The highest BCUT2D eigenvalue weighted by Gasteiger charge is 2.29. The number of carboxylic acid groups (broad SMARTS) is 1. The molecule has 3 aromatic rings. The first-order chi connectivity index (χ1) is 14.7. The molecule has 0 aliphatic carbocycles. The number of ether oxygens (including phenoxy) is 1. The number of aliphatic carboxylic acids is 1. The molecule has 31 heavy (non-hydrogen) atoms. The number of carbonyl (C=O) groups is 1. The number of hydrogen-bond donors (Lipinski definition) is 2. The van der Waals surface area contributed by atoms with Crippen LogP contribution in [0.4, 0.5) is 13.2 Å². The third kappa shape index (κ3) is 5.88. The Balaban J connectivity index is 1.68. The molecule has 0 saturated heterocycles. The second-order valence-electron chi connectivity index (χ2n) is 6.76. The van der Waals surface area contributed by atoms with Crippen molar-refractivity contribution in [1.29, 1.82) is 0 Å². The second kappa shape index (κ2) is 9.38. The van der Waals surface area contributed by atoms with Crippen LogP contribution in [-0.2, 0) is 17.4 Å². The Morgan fingerprint density at radius 1 is 1.00 bits per heavy atom. The van der Waals surface area contributed by atoms with E-state index in [2.05, 4.69) is 0 Å². The van der Waals surface area contributed by atoms with E-state index in [1.54, 1.807) is 54.6 Å². The Hall–Kier alpha value is -3.74. The number of hydrogen-bond acceptors (Lipinski definition) is 3. The molecule has 0 saturated carbocycles. The first-order valence-electron chi connectivity index (χ1n) is 9.34. The zero-order valence-corrected chi connectivity index (χ0v) is 16.3. The molecule has 0 bridgehead atoms. The van der Waals surface area contributed by atoms with E-state index in [4.69, 9.17) is 9.84 Å². The van der Waals surface area contributed by atoms with Crippen molar-refractivity contribution in [2.75, 3.05) is 6.61 Å². The Labute approximate surface area is 176 Å². The zero-order valence-electron chi connectivity index (χ0n) is 16.3. The van der Waals surface area contributed by atoms with Gasteiger partial charge in [0, 0.05) is 5.56 Å². The van der Waals surface area contributed by atoms with Gasteiger partial charge >= 0.3 is 12.1 Å². The Bertz CT molecular complexity index is 1090. The van der Waals surface area contributed by atoms with Gasteiger partial charge in [-0.3, -0.25) is 4.79 Å². The third-order valence-electron chi connectivity index (χ3n) is 4.48. The minimum absolute atomic E-state index is 0.0853. The molecule has 0 radical (unpaired) electrons. The Morgan fingerprint density at radius 3 is 2.39 bits per heavy atom. The van der Waals surface area contributed by atoms with Gasteiger partial charge < -0.3 is 14.9 Å². The highest BCUT2D eigenvalue weighted by Crippen LogP contribution is 2.37. The van der Waals surface area contributed by atoms with Crippen LogP contribution in [0.3, 0.4) is 0 Å². The van der Waals surface area contributed by atoms with Crippen LogP contribution in [-0.4, -0.2) is 22.8 Å². The van der Waals surface area contributed by atoms with Gasteiger partial charge in [-0.15, -0.1) is 0 Å². The number of aromatic hydroxyl groups is 1. The molecule has 0 amide bonds. The molecular formula is C24H19F3O4. The van der Waals surface area contributed by atoms with Gasteiger partial charge in [0.1, 0.15) is 6.61 Å². The van der Waals surface area contributed by atoms with Crippen LogP contribution in [0.15, 0.2) is 72.8 Å². The minimum atomic E-state index is -4.37. The first kappa shape index (κ1) is 22.0. The predicted octanol–water partition coefficient (Wildman–Crippen LogP) is 5.80. The highest BCUT2D eigenvalue weighted by atomic mass is 19.4. The van der Waals surface area contributed by atoms with Crippen LogP contribution in [0.5, 0.6) is 11.5 Å². The fourth-order valence-corrected chi connectivity index (χ4v) is 3.00. The first-order valence-corrected chi connectivity index (χ1v) is 9.34. The summed E-state index contributed by atoms with van der Waals surface area (Å²) in [5.41, 5.74) is 1.63. The molecule has 3 aromatic carbocycles. The summed E-state index contributed by atoms with van der Waals surface area (Å²) < 4.78 is 43.4. The monoisotopic (exact) mass is 428 g/mol. The lowest BCUT2D eigenvalue weighted by Gasteiger charge is -2.11. The smallest absolute Gasteiger partial charge is 0.416 e. The molecule has 0 fully saturated rings. The lowest BCUT2D eigenvalue weighted by Crippen LogP contribution is -2.03. The topological polar surface area (TPSA) is 66.8 Å². The normalized spacial score (nSPS) is 11.6. The van der Waals surface area contributed by atoms with E-state index in [0.29, 0.717) is 22.3 Å². The number of rotatable bonds is 7. The van der Waals surface area contributed by atoms with E-state index < -0.39 is 17.7 Å². The van der Waals surface area contributed by atoms with Crippen molar-refractivity contribution in [1.82, 2.24) is 0 Å². The van der Waals surface area contributed by atoms with Crippen LogP contribution in [0.1, 0.15) is 16.7 Å². The number of carboxylic acids is 1. The van der Waals surface area contributed by atoms with Gasteiger partial charge in [-0.25, -0.2) is 0 Å². The molecule has 160 valence electrons. The lowest BCUT2D eigenvalue weighted by atomic mass is 10.0. The van der Waals surface area contributed by atoms with Gasteiger partial charge in [-0.2, -0.15) is 13.2 Å². The van der Waals surface area contributed by atoms with E-state index in [0.717, 1.165) is 12.1 Å². The molecular weight excluding hydrogens is 409 g/mol. The second-order valence-corrected chi connectivity index (χ2v) is 6.76. The van der Waals surface area contributed by atoms with E-state index in [9.17, 15) is 23.1 Å². The average molecular weight is 428 g/mol. The maximum absolute atomic E-state index is 12.6. The molecule has 0 aliphatic heterocycles. The number of benzene rings is 3. The summed E-state index contributed by atoms with van der Waals surface area (Å²) in [4.78, 5) is 10.9. The third-order valence-corrected chi connectivity index (χ3v) is 4.48. The van der Waals surface area contributed by atoms with E-state index >= 15 is 0 Å². The largest absolute Gasteiger partial charge is 0.504 e. The number of halogens is 3. The summed E-state index contributed by atoms with van der Waals surface area (Å²) in [6, 6.07) is 16.6. The number of phenolic OH excluding ortho intramolecular Hbond substituents is 1. The van der Waals surface area contributed by atoms with Crippen molar-refractivity contribution in [3.05, 3.63) is 89.5 Å². The maximum Gasteiger partial charge on any atom is 0.416 e. The summed E-state index contributed by atoms with van der Waals surface area (Å²) in [7, 11) is 0. The van der Waals surface area contributed by atoms with Crippen LogP contribution in [0.2, 0.25) is 0 Å². The van der Waals surface area contributed by atoms with Crippen LogP contribution < -0.4 is 4.74 Å². The summed E-state index contributed by atoms with van der Waals surface area (Å²) in [6.07, 6.45) is -1.25. The molecule has 2 N–H and O–H groups in total. The van der Waals surface area contributed by atoms with Crippen molar-refractivity contribution in [2.45, 2.75) is 12.6 Å². The molecule has 7 heteroatoms. The summed E-state index contributed by atoms with van der Waals surface area (Å²) >= 11 is 0. The van der Waals surface area contributed by atoms with Crippen molar-refractivity contribution in [3.8, 4) is 22.6 Å². The molecule has 0 heterocycles. The maximum atomic E-state index is 12.6. The molecule has 0 atom stereocenters. The predicted molar refractivity (Wildman–Crippen MR) is 111 cm³/mol. The highest BCUT2D eigenvalue weighted by molar-refractivity contribution is 5.76. The Kier molecular flexibility index (Phi) is 6.65. The average Bonchev–Trinajstić information content (AvgIpc) is 2.71. The summed E-state index contributed by atoms with van der Waals surface area (Å²) in [5, 5.41) is 19.5. The fourth-order valence-electron chi connectivity index (χ4n) is 3.00. The van der Waals surface area contributed by atoms with E-state index in [-0.39, 0.29) is 24.5 Å². The molecule has 3 rings (SSSR count). The molecule has 0 spiro atoms. The molecule has 0 unspecified atom stereocenters. The van der Waals surface area contributed by atoms with Gasteiger partial charge in [0.15, 0.2) is 11.5 Å². The van der Waals surface area contributed by atoms with Crippen molar-refractivity contribution in [2.24, 2.45) is 0 Å². The lowest BCUT2D eigenvalue weighted by molar-refractivity contribution is -0.138. The van der Waals surface area contributed by atoms with Gasteiger partial charge in [-0.1, -0.05) is 54.6 Å².